The van der Waals surface area contributed by atoms with Crippen molar-refractivity contribution in [1.29, 1.82) is 0 Å². The van der Waals surface area contributed by atoms with E-state index in [1.807, 2.05) is 23.1 Å². The molecule has 1 aliphatic heterocycles. The zero-order valence-electron chi connectivity index (χ0n) is 12.1. The molecule has 0 atom stereocenters. The number of amides is 3. The van der Waals surface area contributed by atoms with E-state index in [-0.39, 0.29) is 11.6 Å². The van der Waals surface area contributed by atoms with Crippen molar-refractivity contribution in [1.82, 2.24) is 15.1 Å². The highest BCUT2D eigenvalue weighted by Crippen LogP contribution is 2.41. The molecule has 1 aromatic rings. The molecular formula is C16H21N3O2. The molecular weight excluding hydrogens is 266 g/mol. The predicted octanol–water partition coefficient (Wildman–Crippen LogP) is 1.55. The summed E-state index contributed by atoms with van der Waals surface area (Å²) in [5.74, 6) is 0. The SMILES string of the molecule is O=CN1CCN(C(=O)NC2(c3ccccc3)CCC2)CC1. The molecule has 1 aromatic carbocycles. The van der Waals surface area contributed by atoms with Crippen molar-refractivity contribution in [3.8, 4) is 0 Å². The second-order valence-electron chi connectivity index (χ2n) is 5.86. The Morgan fingerprint density at radius 2 is 1.76 bits per heavy atom. The third kappa shape index (κ3) is 2.73. The average molecular weight is 287 g/mol. The number of benzene rings is 1. The molecule has 0 bridgehead atoms. The van der Waals surface area contributed by atoms with Crippen LogP contribution in [0.2, 0.25) is 0 Å². The van der Waals surface area contributed by atoms with E-state index in [4.69, 9.17) is 0 Å². The van der Waals surface area contributed by atoms with Crippen LogP contribution >= 0.6 is 0 Å². The van der Waals surface area contributed by atoms with Gasteiger partial charge in [0.1, 0.15) is 0 Å². The van der Waals surface area contributed by atoms with Gasteiger partial charge in [-0.3, -0.25) is 4.79 Å². The molecule has 21 heavy (non-hydrogen) atoms. The second-order valence-corrected chi connectivity index (χ2v) is 5.86. The van der Waals surface area contributed by atoms with Gasteiger partial charge in [-0.1, -0.05) is 30.3 Å². The number of rotatable bonds is 3. The van der Waals surface area contributed by atoms with Crippen molar-refractivity contribution in [2.24, 2.45) is 0 Å². The molecule has 1 saturated heterocycles. The number of nitrogens with zero attached hydrogens (tertiary/aromatic N) is 2. The Kier molecular flexibility index (Phi) is 3.82. The summed E-state index contributed by atoms with van der Waals surface area (Å²) in [5, 5.41) is 3.23. The van der Waals surface area contributed by atoms with E-state index in [1.165, 1.54) is 5.56 Å². The Hall–Kier alpha value is -2.04. The van der Waals surface area contributed by atoms with Crippen LogP contribution in [0.5, 0.6) is 0 Å². The standard InChI is InChI=1S/C16H21N3O2/c20-13-18-9-11-19(12-10-18)15(21)17-16(7-4-8-16)14-5-2-1-3-6-14/h1-3,5-6,13H,4,7-12H2,(H,17,21). The minimum Gasteiger partial charge on any atom is -0.342 e. The van der Waals surface area contributed by atoms with Gasteiger partial charge in [-0.05, 0) is 24.8 Å². The van der Waals surface area contributed by atoms with Gasteiger partial charge in [-0.2, -0.15) is 0 Å². The van der Waals surface area contributed by atoms with E-state index in [0.29, 0.717) is 26.2 Å². The highest BCUT2D eigenvalue weighted by atomic mass is 16.2. The van der Waals surface area contributed by atoms with Crippen LogP contribution in [0.4, 0.5) is 4.79 Å². The van der Waals surface area contributed by atoms with Crippen molar-refractivity contribution in [2.45, 2.75) is 24.8 Å². The fourth-order valence-corrected chi connectivity index (χ4v) is 3.09. The van der Waals surface area contributed by atoms with Gasteiger partial charge in [-0.25, -0.2) is 4.79 Å². The topological polar surface area (TPSA) is 52.7 Å². The maximum Gasteiger partial charge on any atom is 0.318 e. The van der Waals surface area contributed by atoms with Crippen molar-refractivity contribution in [2.75, 3.05) is 26.2 Å². The van der Waals surface area contributed by atoms with E-state index < -0.39 is 0 Å². The third-order valence-corrected chi connectivity index (χ3v) is 4.63. The summed E-state index contributed by atoms with van der Waals surface area (Å²) in [6.07, 6.45) is 3.99. The molecule has 1 saturated carbocycles. The highest BCUT2D eigenvalue weighted by Gasteiger charge is 2.41. The lowest BCUT2D eigenvalue weighted by Crippen LogP contribution is -2.58. The van der Waals surface area contributed by atoms with Crippen molar-refractivity contribution < 1.29 is 9.59 Å². The maximum atomic E-state index is 12.5. The number of hydrogen-bond acceptors (Lipinski definition) is 2. The molecule has 3 amide bonds. The first-order valence-electron chi connectivity index (χ1n) is 7.55. The molecule has 0 unspecified atom stereocenters. The van der Waals surface area contributed by atoms with Crippen molar-refractivity contribution in [3.63, 3.8) is 0 Å². The molecule has 5 nitrogen and oxygen atoms in total. The number of urea groups is 1. The van der Waals surface area contributed by atoms with E-state index in [2.05, 4.69) is 17.4 Å². The summed E-state index contributed by atoms with van der Waals surface area (Å²) in [7, 11) is 0. The zero-order chi connectivity index (χ0) is 14.7. The largest absolute Gasteiger partial charge is 0.342 e. The van der Waals surface area contributed by atoms with Crippen LogP contribution in [0, 0.1) is 0 Å². The summed E-state index contributed by atoms with van der Waals surface area (Å²) >= 11 is 0. The first-order valence-corrected chi connectivity index (χ1v) is 7.55. The molecule has 0 aromatic heterocycles. The lowest BCUT2D eigenvalue weighted by Gasteiger charge is -2.45. The molecule has 1 heterocycles. The van der Waals surface area contributed by atoms with E-state index >= 15 is 0 Å². The van der Waals surface area contributed by atoms with E-state index in [1.54, 1.807) is 4.90 Å². The number of carbonyl (C=O) groups excluding carboxylic acids is 2. The van der Waals surface area contributed by atoms with Crippen LogP contribution < -0.4 is 5.32 Å². The van der Waals surface area contributed by atoms with E-state index in [0.717, 1.165) is 25.7 Å². The van der Waals surface area contributed by atoms with Crippen LogP contribution in [-0.4, -0.2) is 48.4 Å². The first-order chi connectivity index (χ1) is 10.2. The molecule has 0 radical (unpaired) electrons. The summed E-state index contributed by atoms with van der Waals surface area (Å²) < 4.78 is 0. The van der Waals surface area contributed by atoms with Crippen LogP contribution in [0.15, 0.2) is 30.3 Å². The monoisotopic (exact) mass is 287 g/mol. The predicted molar refractivity (Wildman–Crippen MR) is 79.7 cm³/mol. The Morgan fingerprint density at radius 1 is 1.10 bits per heavy atom. The zero-order valence-corrected chi connectivity index (χ0v) is 12.1. The Labute approximate surface area is 124 Å². The smallest absolute Gasteiger partial charge is 0.318 e. The molecule has 2 fully saturated rings. The number of piperazine rings is 1. The minimum absolute atomic E-state index is 0.0101. The van der Waals surface area contributed by atoms with Crippen LogP contribution in [-0.2, 0) is 10.3 Å². The van der Waals surface area contributed by atoms with Gasteiger partial charge in [0, 0.05) is 26.2 Å². The van der Waals surface area contributed by atoms with Gasteiger partial charge < -0.3 is 15.1 Å². The number of nitrogens with one attached hydrogen (secondary N) is 1. The van der Waals surface area contributed by atoms with Crippen LogP contribution in [0.3, 0.4) is 0 Å². The lowest BCUT2D eigenvalue weighted by molar-refractivity contribution is -0.119. The van der Waals surface area contributed by atoms with Gasteiger partial charge in [0.15, 0.2) is 0 Å². The fraction of sp³-hybridized carbons (Fsp3) is 0.500. The molecule has 3 rings (SSSR count). The van der Waals surface area contributed by atoms with E-state index in [9.17, 15) is 9.59 Å². The van der Waals surface area contributed by atoms with Crippen LogP contribution in [0.1, 0.15) is 24.8 Å². The van der Waals surface area contributed by atoms with Gasteiger partial charge in [0.25, 0.3) is 0 Å². The maximum absolute atomic E-state index is 12.5. The summed E-state index contributed by atoms with van der Waals surface area (Å²) in [4.78, 5) is 26.7. The molecule has 1 N–H and O–H groups in total. The van der Waals surface area contributed by atoms with Gasteiger partial charge in [0.2, 0.25) is 6.41 Å². The van der Waals surface area contributed by atoms with Crippen LogP contribution in [0.25, 0.3) is 0 Å². The fourth-order valence-electron chi connectivity index (χ4n) is 3.09. The first kappa shape index (κ1) is 13.9. The Balaban J connectivity index is 1.65. The quantitative estimate of drug-likeness (QED) is 0.858. The number of hydrogen-bond donors (Lipinski definition) is 1. The third-order valence-electron chi connectivity index (χ3n) is 4.63. The second kappa shape index (κ2) is 5.76. The summed E-state index contributed by atoms with van der Waals surface area (Å²) in [5.41, 5.74) is 0.997. The summed E-state index contributed by atoms with van der Waals surface area (Å²) in [6, 6.07) is 10.2. The van der Waals surface area contributed by atoms with Gasteiger partial charge in [-0.15, -0.1) is 0 Å². The molecule has 0 spiro atoms. The molecule has 5 heteroatoms. The highest BCUT2D eigenvalue weighted by molar-refractivity contribution is 5.76. The average Bonchev–Trinajstić information content (AvgIpc) is 2.51. The normalized spacial score (nSPS) is 20.6. The molecule has 1 aliphatic carbocycles. The lowest BCUT2D eigenvalue weighted by atomic mass is 9.72. The number of carbonyl (C=O) groups is 2. The van der Waals surface area contributed by atoms with Gasteiger partial charge >= 0.3 is 6.03 Å². The van der Waals surface area contributed by atoms with Crippen molar-refractivity contribution in [3.05, 3.63) is 35.9 Å². The van der Waals surface area contributed by atoms with Crippen molar-refractivity contribution >= 4 is 12.4 Å². The Bertz CT molecular complexity index is 506. The Morgan fingerprint density at radius 3 is 2.29 bits per heavy atom. The van der Waals surface area contributed by atoms with Gasteiger partial charge in [0.05, 0.1) is 5.54 Å². The molecule has 2 aliphatic rings. The summed E-state index contributed by atoms with van der Waals surface area (Å²) in [6.45, 7) is 2.45. The minimum atomic E-state index is -0.194. The molecule has 112 valence electrons.